The van der Waals surface area contributed by atoms with Gasteiger partial charge in [-0.2, -0.15) is 0 Å². The van der Waals surface area contributed by atoms with E-state index in [0.717, 1.165) is 37.7 Å². The second-order valence-corrected chi connectivity index (χ2v) is 16.1. The molecule has 0 spiro atoms. The molecule has 3 fully saturated rings. The third-order valence-corrected chi connectivity index (χ3v) is 13.1. The van der Waals surface area contributed by atoms with Crippen LogP contribution in [0.2, 0.25) is 0 Å². The Morgan fingerprint density at radius 2 is 1.60 bits per heavy atom. The van der Waals surface area contributed by atoms with Crippen LogP contribution in [-0.4, -0.2) is 70.8 Å². The summed E-state index contributed by atoms with van der Waals surface area (Å²) in [5.41, 5.74) is -0.0198. The smallest absolute Gasteiger partial charge is 0.306 e. The Morgan fingerprint density at radius 1 is 0.865 bits per heavy atom. The Morgan fingerprint density at radius 3 is 2.35 bits per heavy atom. The van der Waals surface area contributed by atoms with Crippen LogP contribution >= 0.6 is 0 Å². The van der Waals surface area contributed by atoms with Crippen LogP contribution in [0, 0.1) is 28.6 Å². The van der Waals surface area contributed by atoms with Gasteiger partial charge in [0.05, 0.1) is 12.8 Å². The van der Waals surface area contributed by atoms with Crippen LogP contribution < -0.4 is 10.6 Å². The lowest BCUT2D eigenvalue weighted by Gasteiger charge is -2.58. The van der Waals surface area contributed by atoms with E-state index in [4.69, 9.17) is 4.74 Å². The summed E-state index contributed by atoms with van der Waals surface area (Å²) in [7, 11) is 0. The molecule has 5 rings (SSSR count). The van der Waals surface area contributed by atoms with Gasteiger partial charge < -0.3 is 25.6 Å². The number of aliphatic hydroxyl groups is 1. The molecule has 284 valence electrons. The summed E-state index contributed by atoms with van der Waals surface area (Å²) in [6.45, 7) is 4.46. The highest BCUT2D eigenvalue weighted by molar-refractivity contribution is 5.92. The van der Waals surface area contributed by atoms with E-state index in [0.29, 0.717) is 63.3 Å². The predicted octanol–water partition coefficient (Wildman–Crippen LogP) is 5.19. The molecule has 4 N–H and O–H groups in total. The van der Waals surface area contributed by atoms with Crippen molar-refractivity contribution in [2.45, 2.75) is 122 Å². The highest BCUT2D eigenvalue weighted by atomic mass is 16.5. The number of esters is 1. The number of hydrogen-bond donors (Lipinski definition) is 4. The third-order valence-electron chi connectivity index (χ3n) is 13.1. The average molecular weight is 721 g/mol. The van der Waals surface area contributed by atoms with Gasteiger partial charge in [0.25, 0.3) is 0 Å². The van der Waals surface area contributed by atoms with Crippen molar-refractivity contribution in [3.05, 3.63) is 47.5 Å². The molecule has 2 amide bonds. The van der Waals surface area contributed by atoms with E-state index in [2.05, 4.69) is 17.6 Å². The van der Waals surface area contributed by atoms with Crippen molar-refractivity contribution < 1.29 is 43.7 Å². The number of rotatable bonds is 17. The molecule has 11 heteroatoms. The molecule has 0 aromatic heterocycles. The number of amides is 2. The number of benzene rings is 1. The largest absolute Gasteiger partial charge is 0.481 e. The van der Waals surface area contributed by atoms with Crippen molar-refractivity contribution >= 4 is 35.3 Å². The lowest BCUT2D eigenvalue weighted by molar-refractivity contribution is -0.170. The van der Waals surface area contributed by atoms with Gasteiger partial charge in [-0.05, 0) is 92.6 Å². The molecule has 11 nitrogen and oxygen atoms in total. The van der Waals surface area contributed by atoms with Crippen molar-refractivity contribution in [3.8, 4) is 0 Å². The lowest BCUT2D eigenvalue weighted by Crippen LogP contribution is -2.58. The molecular weight excluding hydrogens is 664 g/mol. The Labute approximate surface area is 306 Å². The van der Waals surface area contributed by atoms with Crippen molar-refractivity contribution in [1.29, 1.82) is 0 Å². The van der Waals surface area contributed by atoms with Crippen LogP contribution in [0.25, 0.3) is 0 Å². The van der Waals surface area contributed by atoms with Crippen molar-refractivity contribution in [3.63, 3.8) is 0 Å². The normalized spacial score (nSPS) is 29.8. The number of Topliss-reactive ketones (excluding diaryl/α,β-unsaturated/α-hetero) is 1. The molecule has 52 heavy (non-hydrogen) atoms. The molecule has 1 aromatic rings. The maximum atomic E-state index is 13.5. The Kier molecular flexibility index (Phi) is 12.8. The molecule has 7 atom stereocenters. The molecular formula is C41H56N2O9. The molecule has 4 aliphatic rings. The summed E-state index contributed by atoms with van der Waals surface area (Å²) in [6.07, 6.45) is 9.83. The van der Waals surface area contributed by atoms with Crippen molar-refractivity contribution in [2.75, 3.05) is 19.7 Å². The van der Waals surface area contributed by atoms with Gasteiger partial charge in [0.1, 0.15) is 5.60 Å². The minimum Gasteiger partial charge on any atom is -0.481 e. The summed E-state index contributed by atoms with van der Waals surface area (Å²) in [6, 6.07) is 9.24. The minimum absolute atomic E-state index is 0.00315. The number of hydrogen-bond acceptors (Lipinski definition) is 8. The summed E-state index contributed by atoms with van der Waals surface area (Å²) in [4.78, 5) is 74.0. The van der Waals surface area contributed by atoms with Gasteiger partial charge in [-0.3, -0.25) is 28.8 Å². The molecule has 0 heterocycles. The van der Waals surface area contributed by atoms with E-state index in [1.807, 2.05) is 43.3 Å². The van der Waals surface area contributed by atoms with Crippen LogP contribution in [0.3, 0.4) is 0 Å². The molecule has 0 radical (unpaired) electrons. The zero-order valence-corrected chi connectivity index (χ0v) is 30.8. The number of ether oxygens (including phenoxy) is 1. The average Bonchev–Trinajstić information content (AvgIpc) is 3.41. The highest BCUT2D eigenvalue weighted by Crippen LogP contribution is 2.67. The van der Waals surface area contributed by atoms with Crippen molar-refractivity contribution in [2.24, 2.45) is 28.6 Å². The number of aliphatic carboxylic acids is 1. The van der Waals surface area contributed by atoms with Gasteiger partial charge in [0.15, 0.2) is 12.4 Å². The second-order valence-electron chi connectivity index (χ2n) is 16.1. The van der Waals surface area contributed by atoms with Gasteiger partial charge in [-0.15, -0.1) is 0 Å². The minimum atomic E-state index is -1.56. The number of carbonyl (C=O) groups is 6. The molecule has 4 aliphatic carbocycles. The standard InChI is InChI=1S/C41H56N2O9/c1-39-19-16-30(44)24-29(39)12-13-31-32(39)17-20-40(2)33(31)18-21-41(40,51)34(45)26-52-38(50)15-14-36(47)42-22-8-4-7-11-35(46)43-25-28(23-37(48)49)27-9-5-3-6-10-27/h3,5-6,9-10,24,28,31-33,51H,4,7-8,11-23,25-26H2,1-2H3,(H,42,47)(H,43,46)(H,48,49)/t28-,31-,32-,33+,39+,40+,41+/m1/s1. The van der Waals surface area contributed by atoms with Gasteiger partial charge in [0, 0.05) is 43.7 Å². The fourth-order valence-electron chi connectivity index (χ4n) is 10.1. The number of carboxylic acids is 1. The van der Waals surface area contributed by atoms with Gasteiger partial charge in [0.2, 0.25) is 17.6 Å². The molecule has 0 saturated heterocycles. The molecule has 0 aliphatic heterocycles. The van der Waals surface area contributed by atoms with Crippen LogP contribution in [0.4, 0.5) is 0 Å². The molecule has 1 aromatic carbocycles. The summed E-state index contributed by atoms with van der Waals surface area (Å²) >= 11 is 0. The first-order chi connectivity index (χ1) is 24.8. The van der Waals surface area contributed by atoms with E-state index in [1.165, 1.54) is 5.57 Å². The topological polar surface area (TPSA) is 176 Å². The van der Waals surface area contributed by atoms with E-state index in [-0.39, 0.29) is 60.7 Å². The summed E-state index contributed by atoms with van der Waals surface area (Å²) in [5, 5.41) is 26.7. The van der Waals surface area contributed by atoms with E-state index >= 15 is 0 Å². The summed E-state index contributed by atoms with van der Waals surface area (Å²) < 4.78 is 5.28. The Bertz CT molecular complexity index is 1540. The first-order valence-corrected chi connectivity index (χ1v) is 19.2. The number of fused-ring (bicyclic) bond motifs is 5. The highest BCUT2D eigenvalue weighted by Gasteiger charge is 2.66. The summed E-state index contributed by atoms with van der Waals surface area (Å²) in [5.74, 6) is -1.60. The zero-order valence-electron chi connectivity index (χ0n) is 30.8. The maximum absolute atomic E-state index is 13.5. The first-order valence-electron chi connectivity index (χ1n) is 19.2. The van der Waals surface area contributed by atoms with Crippen molar-refractivity contribution in [1.82, 2.24) is 10.6 Å². The maximum Gasteiger partial charge on any atom is 0.306 e. The van der Waals surface area contributed by atoms with Crippen LogP contribution in [-0.2, 0) is 33.5 Å². The van der Waals surface area contributed by atoms with E-state index < -0.39 is 35.3 Å². The SMILES string of the molecule is C[C@]12CCC(=O)C=C1CC[C@@H]1[C@H]2CC[C@@]2(C)[C@H]1CC[C@]2(O)C(=O)COC(=O)CCC(=O)NCCCCCC(=O)NC[C@@H](CC(=O)O)c1ccccc1. The van der Waals surface area contributed by atoms with Gasteiger partial charge >= 0.3 is 11.9 Å². The number of carboxylic acid groups (broad SMARTS) is 1. The van der Waals surface area contributed by atoms with Crippen LogP contribution in [0.15, 0.2) is 42.0 Å². The number of unbranched alkanes of at least 4 members (excludes halogenated alkanes) is 2. The monoisotopic (exact) mass is 720 g/mol. The number of allylic oxidation sites excluding steroid dienone is 1. The van der Waals surface area contributed by atoms with Crippen LogP contribution in [0.1, 0.15) is 122 Å². The fourth-order valence-corrected chi connectivity index (χ4v) is 10.1. The molecule has 3 saturated carbocycles. The Balaban J connectivity index is 0.959. The Hall–Kier alpha value is -3.86. The van der Waals surface area contributed by atoms with E-state index in [9.17, 15) is 39.0 Å². The fraction of sp³-hybridized carbons (Fsp3) is 0.659. The molecule has 0 unspecified atom stereocenters. The predicted molar refractivity (Wildman–Crippen MR) is 193 cm³/mol. The van der Waals surface area contributed by atoms with Gasteiger partial charge in [-0.1, -0.05) is 56.2 Å². The second kappa shape index (κ2) is 16.9. The molecule has 0 bridgehead atoms. The van der Waals surface area contributed by atoms with Gasteiger partial charge in [-0.25, -0.2) is 0 Å². The first kappa shape index (κ1) is 39.3. The number of carbonyl (C=O) groups excluding carboxylic acids is 5. The zero-order chi connectivity index (χ0) is 37.5. The number of ketones is 2. The third kappa shape index (κ3) is 8.67. The van der Waals surface area contributed by atoms with Crippen LogP contribution in [0.5, 0.6) is 0 Å². The number of nitrogens with one attached hydrogen (secondary N) is 2. The van der Waals surface area contributed by atoms with E-state index in [1.54, 1.807) is 0 Å². The lowest BCUT2D eigenvalue weighted by atomic mass is 9.46. The quantitative estimate of drug-likeness (QED) is 0.125.